The molecule has 1 aliphatic heterocycles. The molecule has 0 saturated carbocycles. The van der Waals surface area contributed by atoms with E-state index in [1.54, 1.807) is 12.1 Å². The monoisotopic (exact) mass is 265 g/mol. The van der Waals surface area contributed by atoms with Crippen LogP contribution in [0.25, 0.3) is 0 Å². The van der Waals surface area contributed by atoms with E-state index in [-0.39, 0.29) is 12.4 Å². The van der Waals surface area contributed by atoms with Gasteiger partial charge in [-0.25, -0.2) is 4.39 Å². The Morgan fingerprint density at radius 3 is 2.56 bits per heavy atom. The zero-order valence-electron chi connectivity index (χ0n) is 8.75. The molecule has 16 heavy (non-hydrogen) atoms. The Kier molecular flexibility index (Phi) is 4.89. The fourth-order valence-electron chi connectivity index (χ4n) is 1.81. The largest absolute Gasteiger partial charge is 0.316 e. The molecule has 0 unspecified atom stereocenters. The van der Waals surface area contributed by atoms with Gasteiger partial charge in [0.15, 0.2) is 5.15 Å². The van der Waals surface area contributed by atoms with Crippen molar-refractivity contribution in [3.05, 3.63) is 23.0 Å². The summed E-state index contributed by atoms with van der Waals surface area (Å²) in [6.45, 7) is 1.47. The first kappa shape index (κ1) is 13.6. The first-order chi connectivity index (χ1) is 7.18. The zero-order valence-corrected chi connectivity index (χ0v) is 10.3. The highest BCUT2D eigenvalue weighted by atomic mass is 35.5. The van der Waals surface area contributed by atoms with Gasteiger partial charge in [0.1, 0.15) is 5.67 Å². The van der Waals surface area contributed by atoms with Gasteiger partial charge < -0.3 is 5.32 Å². The maximum Gasteiger partial charge on any atom is 0.151 e. The van der Waals surface area contributed by atoms with Gasteiger partial charge in [0, 0.05) is 6.42 Å². The van der Waals surface area contributed by atoms with Gasteiger partial charge in [-0.05, 0) is 38.1 Å². The molecule has 1 aromatic heterocycles. The number of nitrogens with zero attached hydrogens (tertiary/aromatic N) is 2. The lowest BCUT2D eigenvalue weighted by Crippen LogP contribution is -2.40. The molecule has 1 fully saturated rings. The molecule has 1 N–H and O–H groups in total. The molecule has 0 aromatic carbocycles. The summed E-state index contributed by atoms with van der Waals surface area (Å²) < 4.78 is 14.2. The van der Waals surface area contributed by atoms with Crippen LogP contribution in [0.3, 0.4) is 0 Å². The van der Waals surface area contributed by atoms with E-state index in [1.165, 1.54) is 0 Å². The molecule has 0 atom stereocenters. The van der Waals surface area contributed by atoms with Crippen molar-refractivity contribution in [2.45, 2.75) is 24.9 Å². The van der Waals surface area contributed by atoms with Gasteiger partial charge in [0.05, 0.1) is 5.69 Å². The molecule has 0 radical (unpaired) electrons. The number of hydrogen-bond donors (Lipinski definition) is 1. The van der Waals surface area contributed by atoms with E-state index >= 15 is 0 Å². The first-order valence-electron chi connectivity index (χ1n) is 5.06. The minimum Gasteiger partial charge on any atom is -0.316 e. The van der Waals surface area contributed by atoms with Crippen molar-refractivity contribution in [3.8, 4) is 0 Å². The molecule has 1 saturated heterocycles. The molecule has 90 valence electrons. The van der Waals surface area contributed by atoms with Crippen LogP contribution in [0.1, 0.15) is 18.5 Å². The normalized spacial score (nSPS) is 18.9. The number of halogens is 3. The molecule has 2 rings (SSSR count). The summed E-state index contributed by atoms with van der Waals surface area (Å²) >= 11 is 5.61. The third-order valence-corrected chi connectivity index (χ3v) is 2.89. The number of aromatic nitrogens is 2. The van der Waals surface area contributed by atoms with Crippen molar-refractivity contribution >= 4 is 24.0 Å². The quantitative estimate of drug-likeness (QED) is 0.891. The first-order valence-corrected chi connectivity index (χ1v) is 5.44. The van der Waals surface area contributed by atoms with Gasteiger partial charge in [0.25, 0.3) is 0 Å². The van der Waals surface area contributed by atoms with Gasteiger partial charge in [-0.2, -0.15) is 5.10 Å². The molecule has 0 aliphatic carbocycles. The lowest BCUT2D eigenvalue weighted by molar-refractivity contribution is 0.115. The minimum absolute atomic E-state index is 0. The molecular formula is C10H14Cl2FN3. The SMILES string of the molecule is Cl.FC1(Cc2ccc(Cl)nn2)CCNCC1. The standard InChI is InChI=1S/C10H13ClFN3.ClH/c11-9-2-1-8(14-15-9)7-10(12)3-5-13-6-4-10;/h1-2,13H,3-7H2;1H. The summed E-state index contributed by atoms with van der Waals surface area (Å²) in [5.41, 5.74) is -0.461. The molecule has 1 aromatic rings. The molecular weight excluding hydrogens is 252 g/mol. The second-order valence-corrected chi connectivity index (χ2v) is 4.31. The number of piperidine rings is 1. The Hall–Kier alpha value is -0.450. The van der Waals surface area contributed by atoms with Gasteiger partial charge >= 0.3 is 0 Å². The summed E-state index contributed by atoms with van der Waals surface area (Å²) in [6.07, 6.45) is 1.41. The van der Waals surface area contributed by atoms with Crippen molar-refractivity contribution in [1.82, 2.24) is 15.5 Å². The van der Waals surface area contributed by atoms with Crippen molar-refractivity contribution in [2.24, 2.45) is 0 Å². The maximum atomic E-state index is 14.2. The molecule has 3 nitrogen and oxygen atoms in total. The lowest BCUT2D eigenvalue weighted by Gasteiger charge is -2.29. The van der Waals surface area contributed by atoms with Crippen LogP contribution in [0.2, 0.25) is 5.15 Å². The van der Waals surface area contributed by atoms with Crippen LogP contribution in [-0.2, 0) is 6.42 Å². The third-order valence-electron chi connectivity index (χ3n) is 2.68. The van der Waals surface area contributed by atoms with E-state index in [9.17, 15) is 4.39 Å². The molecule has 0 amide bonds. The highest BCUT2D eigenvalue weighted by Crippen LogP contribution is 2.26. The van der Waals surface area contributed by atoms with Gasteiger partial charge in [0.2, 0.25) is 0 Å². The second-order valence-electron chi connectivity index (χ2n) is 3.93. The number of alkyl halides is 1. The molecule has 2 heterocycles. The van der Waals surface area contributed by atoms with Crippen LogP contribution in [0.15, 0.2) is 12.1 Å². The Labute approximate surface area is 105 Å². The van der Waals surface area contributed by atoms with Crippen molar-refractivity contribution in [2.75, 3.05) is 13.1 Å². The van der Waals surface area contributed by atoms with Crippen LogP contribution in [0.5, 0.6) is 0 Å². The number of hydrogen-bond acceptors (Lipinski definition) is 3. The van der Waals surface area contributed by atoms with E-state index < -0.39 is 5.67 Å². The van der Waals surface area contributed by atoms with Crippen molar-refractivity contribution < 1.29 is 4.39 Å². The Morgan fingerprint density at radius 2 is 2.00 bits per heavy atom. The fourth-order valence-corrected chi connectivity index (χ4v) is 1.91. The predicted octanol–water partition coefficient (Wildman–Crippen LogP) is 2.19. The minimum atomic E-state index is -1.13. The summed E-state index contributed by atoms with van der Waals surface area (Å²) in [5.74, 6) is 0. The summed E-state index contributed by atoms with van der Waals surface area (Å²) in [4.78, 5) is 0. The van der Waals surface area contributed by atoms with Crippen molar-refractivity contribution in [3.63, 3.8) is 0 Å². The van der Waals surface area contributed by atoms with E-state index in [4.69, 9.17) is 11.6 Å². The summed E-state index contributed by atoms with van der Waals surface area (Å²) in [5, 5.41) is 11.1. The topological polar surface area (TPSA) is 37.8 Å². The van der Waals surface area contributed by atoms with Gasteiger partial charge in [-0.3, -0.25) is 0 Å². The summed E-state index contributed by atoms with van der Waals surface area (Å²) in [6, 6.07) is 3.38. The van der Waals surface area contributed by atoms with E-state index in [0.29, 0.717) is 30.1 Å². The fraction of sp³-hybridized carbons (Fsp3) is 0.600. The average Bonchev–Trinajstić information content (AvgIpc) is 2.22. The lowest BCUT2D eigenvalue weighted by atomic mass is 9.89. The predicted molar refractivity (Wildman–Crippen MR) is 63.9 cm³/mol. The molecule has 0 bridgehead atoms. The van der Waals surface area contributed by atoms with Gasteiger partial charge in [-0.1, -0.05) is 11.6 Å². The zero-order chi connectivity index (χ0) is 10.7. The van der Waals surface area contributed by atoms with Gasteiger partial charge in [-0.15, -0.1) is 17.5 Å². The molecule has 1 aliphatic rings. The van der Waals surface area contributed by atoms with Crippen LogP contribution in [0, 0.1) is 0 Å². The van der Waals surface area contributed by atoms with Crippen molar-refractivity contribution in [1.29, 1.82) is 0 Å². The Balaban J connectivity index is 0.00000128. The highest BCUT2D eigenvalue weighted by molar-refractivity contribution is 6.29. The summed E-state index contributed by atoms with van der Waals surface area (Å²) in [7, 11) is 0. The van der Waals surface area contributed by atoms with E-state index in [0.717, 1.165) is 13.1 Å². The van der Waals surface area contributed by atoms with Crippen LogP contribution < -0.4 is 5.32 Å². The maximum absolute atomic E-state index is 14.2. The number of rotatable bonds is 2. The van der Waals surface area contributed by atoms with E-state index in [2.05, 4.69) is 15.5 Å². The Morgan fingerprint density at radius 1 is 1.31 bits per heavy atom. The third kappa shape index (κ3) is 3.54. The smallest absolute Gasteiger partial charge is 0.151 e. The average molecular weight is 266 g/mol. The molecule has 0 spiro atoms. The van der Waals surface area contributed by atoms with Crippen LogP contribution in [-0.4, -0.2) is 29.0 Å². The van der Waals surface area contributed by atoms with Crippen LogP contribution in [0.4, 0.5) is 4.39 Å². The number of nitrogens with one attached hydrogen (secondary N) is 1. The van der Waals surface area contributed by atoms with E-state index in [1.807, 2.05) is 0 Å². The highest BCUT2D eigenvalue weighted by Gasteiger charge is 2.32. The molecule has 6 heteroatoms. The van der Waals surface area contributed by atoms with Crippen LogP contribution >= 0.6 is 24.0 Å². The second kappa shape index (κ2) is 5.75. The Bertz CT molecular complexity index is 325.